The zero-order chi connectivity index (χ0) is 10.8. The molecule has 0 radical (unpaired) electrons. The summed E-state index contributed by atoms with van der Waals surface area (Å²) in [6.45, 7) is 0. The topological polar surface area (TPSA) is 77.0 Å². The molecule has 6 heteroatoms. The normalized spacial score (nSPS) is 12.9. The standard InChI is InChI=1S/C9H12N4OS/c1-13-9(10)7(4-12-13)8(14)2-6-3-11-5-15-6/h3-5,8,14H,2,10H2,1H3. The highest BCUT2D eigenvalue weighted by molar-refractivity contribution is 7.09. The van der Waals surface area contributed by atoms with Crippen LogP contribution in [0.2, 0.25) is 0 Å². The van der Waals surface area contributed by atoms with E-state index in [1.54, 1.807) is 29.6 Å². The Bertz CT molecular complexity index is 437. The van der Waals surface area contributed by atoms with Gasteiger partial charge in [0.15, 0.2) is 0 Å². The Morgan fingerprint density at radius 2 is 2.40 bits per heavy atom. The number of hydrogen-bond donors (Lipinski definition) is 2. The molecule has 2 heterocycles. The third-order valence-corrected chi connectivity index (χ3v) is 3.05. The molecule has 0 aliphatic heterocycles. The van der Waals surface area contributed by atoms with Gasteiger partial charge in [-0.15, -0.1) is 11.3 Å². The van der Waals surface area contributed by atoms with Gasteiger partial charge >= 0.3 is 0 Å². The molecule has 0 fully saturated rings. The minimum Gasteiger partial charge on any atom is -0.388 e. The molecule has 0 saturated heterocycles. The largest absolute Gasteiger partial charge is 0.388 e. The van der Waals surface area contributed by atoms with Crippen LogP contribution in [0, 0.1) is 0 Å². The van der Waals surface area contributed by atoms with Gasteiger partial charge < -0.3 is 10.8 Å². The van der Waals surface area contributed by atoms with Gasteiger partial charge in [0.2, 0.25) is 0 Å². The first kappa shape index (κ1) is 10.1. The number of anilines is 1. The lowest BCUT2D eigenvalue weighted by atomic mass is 10.1. The maximum Gasteiger partial charge on any atom is 0.127 e. The molecular formula is C9H12N4OS. The first-order valence-corrected chi connectivity index (χ1v) is 5.39. The molecule has 0 aliphatic carbocycles. The van der Waals surface area contributed by atoms with Crippen LogP contribution >= 0.6 is 11.3 Å². The second-order valence-electron chi connectivity index (χ2n) is 3.30. The molecule has 80 valence electrons. The highest BCUT2D eigenvalue weighted by Crippen LogP contribution is 2.24. The van der Waals surface area contributed by atoms with E-state index in [1.165, 1.54) is 11.3 Å². The molecule has 2 aromatic heterocycles. The van der Waals surface area contributed by atoms with Gasteiger partial charge in [0.25, 0.3) is 0 Å². The van der Waals surface area contributed by atoms with Crippen LogP contribution in [0.4, 0.5) is 5.82 Å². The third-order valence-electron chi connectivity index (χ3n) is 2.25. The van der Waals surface area contributed by atoms with Crippen molar-refractivity contribution in [3.63, 3.8) is 0 Å². The molecule has 0 aliphatic rings. The van der Waals surface area contributed by atoms with Gasteiger partial charge in [-0.2, -0.15) is 5.10 Å². The SMILES string of the molecule is Cn1ncc(C(O)Cc2cncs2)c1N. The molecule has 5 nitrogen and oxygen atoms in total. The Labute approximate surface area is 91.2 Å². The van der Waals surface area contributed by atoms with E-state index < -0.39 is 6.10 Å². The van der Waals surface area contributed by atoms with Gasteiger partial charge in [-0.3, -0.25) is 9.67 Å². The Morgan fingerprint density at radius 1 is 1.60 bits per heavy atom. The van der Waals surface area contributed by atoms with Crippen LogP contribution in [0.25, 0.3) is 0 Å². The van der Waals surface area contributed by atoms with Crippen LogP contribution in [0.15, 0.2) is 17.9 Å². The number of aliphatic hydroxyl groups excluding tert-OH is 1. The predicted octanol–water partition coefficient (Wildman–Crippen LogP) is 0.735. The molecule has 0 bridgehead atoms. The van der Waals surface area contributed by atoms with Crippen molar-refractivity contribution in [2.45, 2.75) is 12.5 Å². The lowest BCUT2D eigenvalue weighted by molar-refractivity contribution is 0.180. The van der Waals surface area contributed by atoms with Crippen LogP contribution in [0.5, 0.6) is 0 Å². The third kappa shape index (κ3) is 2.00. The number of nitrogens with zero attached hydrogens (tertiary/aromatic N) is 3. The van der Waals surface area contributed by atoms with Gasteiger partial charge in [-0.1, -0.05) is 0 Å². The summed E-state index contributed by atoms with van der Waals surface area (Å²) in [6.07, 6.45) is 3.27. The summed E-state index contributed by atoms with van der Waals surface area (Å²) in [5.41, 5.74) is 8.18. The highest BCUT2D eigenvalue weighted by atomic mass is 32.1. The smallest absolute Gasteiger partial charge is 0.127 e. The summed E-state index contributed by atoms with van der Waals surface area (Å²) in [6, 6.07) is 0. The molecule has 3 N–H and O–H groups in total. The molecule has 2 aromatic rings. The van der Waals surface area contributed by atoms with Gasteiger partial charge in [0, 0.05) is 30.1 Å². The van der Waals surface area contributed by atoms with Gasteiger partial charge in [-0.05, 0) is 0 Å². The second-order valence-corrected chi connectivity index (χ2v) is 4.27. The number of thiazole rings is 1. The number of nitrogens with two attached hydrogens (primary N) is 1. The summed E-state index contributed by atoms with van der Waals surface area (Å²) in [5, 5.41) is 13.9. The lowest BCUT2D eigenvalue weighted by Crippen LogP contribution is -2.05. The average molecular weight is 224 g/mol. The molecular weight excluding hydrogens is 212 g/mol. The van der Waals surface area contributed by atoms with Crippen molar-refractivity contribution in [1.82, 2.24) is 14.8 Å². The summed E-state index contributed by atoms with van der Waals surface area (Å²) in [7, 11) is 1.75. The first-order valence-electron chi connectivity index (χ1n) is 4.51. The van der Waals surface area contributed by atoms with Crippen molar-refractivity contribution in [3.05, 3.63) is 28.3 Å². The molecule has 2 rings (SSSR count). The molecule has 15 heavy (non-hydrogen) atoms. The number of aliphatic hydroxyl groups is 1. The Hall–Kier alpha value is -1.40. The molecule has 1 unspecified atom stereocenters. The fraction of sp³-hybridized carbons (Fsp3) is 0.333. The van der Waals surface area contributed by atoms with Gasteiger partial charge in [0.1, 0.15) is 5.82 Å². The molecule has 0 aromatic carbocycles. The van der Waals surface area contributed by atoms with Crippen LogP contribution in [-0.2, 0) is 13.5 Å². The van der Waals surface area contributed by atoms with Crippen LogP contribution < -0.4 is 5.73 Å². The molecule has 1 atom stereocenters. The maximum absolute atomic E-state index is 9.93. The Morgan fingerprint density at radius 3 is 2.93 bits per heavy atom. The van der Waals surface area contributed by atoms with Crippen molar-refractivity contribution < 1.29 is 5.11 Å². The summed E-state index contributed by atoms with van der Waals surface area (Å²) < 4.78 is 1.55. The lowest BCUT2D eigenvalue weighted by Gasteiger charge is -2.07. The summed E-state index contributed by atoms with van der Waals surface area (Å²) in [4.78, 5) is 4.98. The van der Waals surface area contributed by atoms with Crippen molar-refractivity contribution in [2.24, 2.45) is 7.05 Å². The van der Waals surface area contributed by atoms with Gasteiger partial charge in [0.05, 0.1) is 17.8 Å². The van der Waals surface area contributed by atoms with E-state index in [2.05, 4.69) is 10.1 Å². The maximum atomic E-state index is 9.93. The minimum atomic E-state index is -0.612. The average Bonchev–Trinajstić information content (AvgIpc) is 2.79. The van der Waals surface area contributed by atoms with Crippen LogP contribution in [0.1, 0.15) is 16.5 Å². The first-order chi connectivity index (χ1) is 7.18. The monoisotopic (exact) mass is 224 g/mol. The number of aromatic nitrogens is 3. The van der Waals surface area contributed by atoms with E-state index in [4.69, 9.17) is 5.73 Å². The van der Waals surface area contributed by atoms with E-state index in [0.717, 1.165) is 4.88 Å². The molecule has 0 amide bonds. The summed E-state index contributed by atoms with van der Waals surface area (Å²) >= 11 is 1.52. The number of rotatable bonds is 3. The van der Waals surface area contributed by atoms with Crippen molar-refractivity contribution in [1.29, 1.82) is 0 Å². The quantitative estimate of drug-likeness (QED) is 0.806. The zero-order valence-corrected chi connectivity index (χ0v) is 9.11. The minimum absolute atomic E-state index is 0.506. The van der Waals surface area contributed by atoms with Crippen molar-refractivity contribution in [3.8, 4) is 0 Å². The fourth-order valence-electron chi connectivity index (χ4n) is 1.36. The van der Waals surface area contributed by atoms with E-state index in [0.29, 0.717) is 17.8 Å². The van der Waals surface area contributed by atoms with E-state index in [9.17, 15) is 5.11 Å². The van der Waals surface area contributed by atoms with Crippen molar-refractivity contribution >= 4 is 17.2 Å². The number of nitrogen functional groups attached to an aromatic ring is 1. The second kappa shape index (κ2) is 4.00. The van der Waals surface area contributed by atoms with Crippen molar-refractivity contribution in [2.75, 3.05) is 5.73 Å². The van der Waals surface area contributed by atoms with E-state index in [-0.39, 0.29) is 0 Å². The molecule has 0 spiro atoms. The summed E-state index contributed by atoms with van der Waals surface area (Å²) in [5.74, 6) is 0.506. The molecule has 0 saturated carbocycles. The number of aryl methyl sites for hydroxylation is 1. The van der Waals surface area contributed by atoms with Gasteiger partial charge in [-0.25, -0.2) is 0 Å². The predicted molar refractivity (Wildman–Crippen MR) is 58.4 cm³/mol. The van der Waals surface area contributed by atoms with Crippen LogP contribution in [-0.4, -0.2) is 19.9 Å². The highest BCUT2D eigenvalue weighted by Gasteiger charge is 2.15. The van der Waals surface area contributed by atoms with E-state index in [1.807, 2.05) is 0 Å². The zero-order valence-electron chi connectivity index (χ0n) is 8.29. The number of hydrogen-bond acceptors (Lipinski definition) is 5. The van der Waals surface area contributed by atoms with Crippen LogP contribution in [0.3, 0.4) is 0 Å². The Balaban J connectivity index is 2.14. The van der Waals surface area contributed by atoms with E-state index >= 15 is 0 Å². The Kier molecular flexibility index (Phi) is 2.70. The fourth-order valence-corrected chi connectivity index (χ4v) is 2.00.